The molecular formula is C13H9Cl2N3. The molecule has 0 atom stereocenters. The first-order chi connectivity index (χ1) is 8.63. The zero-order valence-corrected chi connectivity index (χ0v) is 11.0. The van der Waals surface area contributed by atoms with Crippen molar-refractivity contribution in [2.24, 2.45) is 0 Å². The van der Waals surface area contributed by atoms with Gasteiger partial charge in [0.1, 0.15) is 5.52 Å². The molecule has 3 rings (SSSR count). The van der Waals surface area contributed by atoms with Crippen molar-refractivity contribution >= 4 is 34.2 Å². The van der Waals surface area contributed by atoms with E-state index in [-0.39, 0.29) is 5.28 Å². The highest BCUT2D eigenvalue weighted by molar-refractivity contribution is 6.35. The Morgan fingerprint density at radius 1 is 1.11 bits per heavy atom. The fourth-order valence-electron chi connectivity index (χ4n) is 1.92. The summed E-state index contributed by atoms with van der Waals surface area (Å²) in [5.74, 6) is 0. The predicted molar refractivity (Wildman–Crippen MR) is 74.1 cm³/mol. The van der Waals surface area contributed by atoms with Gasteiger partial charge in [0.2, 0.25) is 5.28 Å². The van der Waals surface area contributed by atoms with Gasteiger partial charge in [0.25, 0.3) is 0 Å². The van der Waals surface area contributed by atoms with Crippen LogP contribution in [0, 0.1) is 6.92 Å². The van der Waals surface area contributed by atoms with E-state index in [2.05, 4.69) is 34.0 Å². The van der Waals surface area contributed by atoms with E-state index in [1.165, 1.54) is 5.56 Å². The van der Waals surface area contributed by atoms with Crippen LogP contribution in [0.2, 0.25) is 10.4 Å². The normalized spacial score (nSPS) is 11.1. The molecule has 3 aromatic rings. The number of benzene rings is 1. The van der Waals surface area contributed by atoms with Crippen molar-refractivity contribution in [2.45, 2.75) is 6.92 Å². The van der Waals surface area contributed by atoms with Crippen molar-refractivity contribution in [1.29, 1.82) is 0 Å². The van der Waals surface area contributed by atoms with Gasteiger partial charge in [-0.2, -0.15) is 0 Å². The van der Waals surface area contributed by atoms with Crippen molar-refractivity contribution in [3.8, 4) is 11.3 Å². The number of H-pyrrole nitrogens is 1. The predicted octanol–water partition coefficient (Wildman–Crippen LogP) is 4.24. The van der Waals surface area contributed by atoms with E-state index in [9.17, 15) is 0 Å². The third kappa shape index (κ3) is 1.96. The highest BCUT2D eigenvalue weighted by Crippen LogP contribution is 2.27. The number of fused-ring (bicyclic) bond motifs is 1. The summed E-state index contributed by atoms with van der Waals surface area (Å²) in [6.07, 6.45) is 0. The zero-order chi connectivity index (χ0) is 12.7. The van der Waals surface area contributed by atoms with Crippen LogP contribution < -0.4 is 0 Å². The van der Waals surface area contributed by atoms with Gasteiger partial charge in [-0.25, -0.2) is 9.97 Å². The second kappa shape index (κ2) is 4.26. The number of rotatable bonds is 1. The maximum Gasteiger partial charge on any atom is 0.224 e. The minimum Gasteiger partial charge on any atom is -0.351 e. The van der Waals surface area contributed by atoms with E-state index in [4.69, 9.17) is 23.2 Å². The summed E-state index contributed by atoms with van der Waals surface area (Å²) in [5, 5.41) is 0.492. The van der Waals surface area contributed by atoms with Crippen molar-refractivity contribution < 1.29 is 0 Å². The number of nitrogens with zero attached hydrogens (tertiary/aromatic N) is 2. The van der Waals surface area contributed by atoms with Gasteiger partial charge in [0, 0.05) is 5.69 Å². The molecule has 0 aliphatic rings. The van der Waals surface area contributed by atoms with Crippen LogP contribution in [0.15, 0.2) is 30.3 Å². The fourth-order valence-corrected chi connectivity index (χ4v) is 2.36. The second-order valence-corrected chi connectivity index (χ2v) is 4.79. The van der Waals surface area contributed by atoms with Gasteiger partial charge in [-0.1, -0.05) is 35.4 Å². The second-order valence-electron chi connectivity index (χ2n) is 4.10. The lowest BCUT2D eigenvalue weighted by Gasteiger charge is -1.98. The number of hydrogen-bond donors (Lipinski definition) is 1. The molecule has 0 unspecified atom stereocenters. The minimum absolute atomic E-state index is 0.155. The number of aryl methyl sites for hydroxylation is 1. The molecule has 0 saturated heterocycles. The molecule has 5 heteroatoms. The van der Waals surface area contributed by atoms with Gasteiger partial charge in [-0.15, -0.1) is 0 Å². The topological polar surface area (TPSA) is 41.6 Å². The lowest BCUT2D eigenvalue weighted by molar-refractivity contribution is 1.22. The molecule has 18 heavy (non-hydrogen) atoms. The van der Waals surface area contributed by atoms with Gasteiger partial charge in [0.05, 0.1) is 5.52 Å². The first-order valence-electron chi connectivity index (χ1n) is 5.42. The van der Waals surface area contributed by atoms with Crippen molar-refractivity contribution in [1.82, 2.24) is 15.0 Å². The third-order valence-electron chi connectivity index (χ3n) is 2.74. The zero-order valence-electron chi connectivity index (χ0n) is 9.54. The maximum atomic E-state index is 6.03. The van der Waals surface area contributed by atoms with E-state index in [1.807, 2.05) is 18.2 Å². The molecule has 0 fully saturated rings. The van der Waals surface area contributed by atoms with Crippen LogP contribution in [0.5, 0.6) is 0 Å². The summed E-state index contributed by atoms with van der Waals surface area (Å²) >= 11 is 11.8. The summed E-state index contributed by atoms with van der Waals surface area (Å²) in [4.78, 5) is 11.3. The molecule has 0 aliphatic heterocycles. The highest BCUT2D eigenvalue weighted by Gasteiger charge is 2.09. The lowest BCUT2D eigenvalue weighted by Crippen LogP contribution is -1.83. The van der Waals surface area contributed by atoms with E-state index in [1.54, 1.807) is 0 Å². The van der Waals surface area contributed by atoms with Gasteiger partial charge in [-0.3, -0.25) is 0 Å². The van der Waals surface area contributed by atoms with Crippen LogP contribution in [-0.4, -0.2) is 15.0 Å². The molecular weight excluding hydrogens is 269 g/mol. The van der Waals surface area contributed by atoms with Crippen molar-refractivity contribution in [3.05, 3.63) is 46.3 Å². The molecule has 0 bridgehead atoms. The largest absolute Gasteiger partial charge is 0.351 e. The van der Waals surface area contributed by atoms with Crippen LogP contribution in [-0.2, 0) is 0 Å². The van der Waals surface area contributed by atoms with Gasteiger partial charge in [-0.05, 0) is 36.2 Å². The average Bonchev–Trinajstić information content (AvgIpc) is 2.73. The lowest BCUT2D eigenvalue weighted by atomic mass is 10.1. The standard InChI is InChI=1S/C13H9Cl2N3/c1-7-3-2-4-8(5-7)9-6-10-11(16-9)12(14)18-13(15)17-10/h2-6,16H,1H3. The number of hydrogen-bond acceptors (Lipinski definition) is 2. The van der Waals surface area contributed by atoms with Crippen LogP contribution in [0.1, 0.15) is 5.56 Å². The molecule has 1 N–H and O–H groups in total. The molecule has 0 amide bonds. The number of aromatic nitrogens is 3. The Morgan fingerprint density at radius 2 is 1.94 bits per heavy atom. The summed E-state index contributed by atoms with van der Waals surface area (Å²) in [5.41, 5.74) is 4.66. The molecule has 0 spiro atoms. The molecule has 90 valence electrons. The van der Waals surface area contributed by atoms with Crippen molar-refractivity contribution in [3.63, 3.8) is 0 Å². The Hall–Kier alpha value is -1.58. The van der Waals surface area contributed by atoms with Gasteiger partial charge in [0.15, 0.2) is 5.15 Å². The summed E-state index contributed by atoms with van der Waals surface area (Å²) < 4.78 is 0. The molecule has 0 aliphatic carbocycles. The van der Waals surface area contributed by atoms with Gasteiger partial charge >= 0.3 is 0 Å². The Kier molecular flexibility index (Phi) is 2.73. The van der Waals surface area contributed by atoms with E-state index in [0.717, 1.165) is 16.8 Å². The Balaban J connectivity index is 2.22. The van der Waals surface area contributed by atoms with E-state index >= 15 is 0 Å². The van der Waals surface area contributed by atoms with Crippen LogP contribution in [0.4, 0.5) is 0 Å². The van der Waals surface area contributed by atoms with E-state index < -0.39 is 0 Å². The first kappa shape index (κ1) is 11.5. The fraction of sp³-hybridized carbons (Fsp3) is 0.0769. The Labute approximate surface area is 114 Å². The average molecular weight is 278 g/mol. The third-order valence-corrected chi connectivity index (χ3v) is 3.18. The van der Waals surface area contributed by atoms with Crippen LogP contribution in [0.25, 0.3) is 22.3 Å². The molecule has 1 aromatic carbocycles. The first-order valence-corrected chi connectivity index (χ1v) is 6.18. The van der Waals surface area contributed by atoms with Crippen LogP contribution >= 0.6 is 23.2 Å². The Morgan fingerprint density at radius 3 is 2.72 bits per heavy atom. The van der Waals surface area contributed by atoms with Crippen LogP contribution in [0.3, 0.4) is 0 Å². The summed E-state index contributed by atoms with van der Waals surface area (Å²) in [6.45, 7) is 2.05. The highest BCUT2D eigenvalue weighted by atomic mass is 35.5. The molecule has 0 radical (unpaired) electrons. The molecule has 3 nitrogen and oxygen atoms in total. The maximum absolute atomic E-state index is 6.03. The van der Waals surface area contributed by atoms with Gasteiger partial charge < -0.3 is 4.98 Å². The smallest absolute Gasteiger partial charge is 0.224 e. The minimum atomic E-state index is 0.155. The number of aromatic amines is 1. The quantitative estimate of drug-likeness (QED) is 0.534. The SMILES string of the molecule is Cc1cccc(-c2cc3nc(Cl)nc(Cl)c3[nH]2)c1. The molecule has 2 aromatic heterocycles. The van der Waals surface area contributed by atoms with Crippen molar-refractivity contribution in [2.75, 3.05) is 0 Å². The molecule has 2 heterocycles. The number of halogens is 2. The Bertz CT molecular complexity index is 734. The van der Waals surface area contributed by atoms with E-state index in [0.29, 0.717) is 10.7 Å². The monoisotopic (exact) mass is 277 g/mol. The molecule has 0 saturated carbocycles. The summed E-state index contributed by atoms with van der Waals surface area (Å²) in [7, 11) is 0. The summed E-state index contributed by atoms with van der Waals surface area (Å²) in [6, 6.07) is 10.1. The number of nitrogens with one attached hydrogen (secondary N) is 1.